The van der Waals surface area contributed by atoms with E-state index in [-0.39, 0.29) is 11.9 Å². The van der Waals surface area contributed by atoms with Crippen molar-refractivity contribution in [2.75, 3.05) is 0 Å². The van der Waals surface area contributed by atoms with Crippen LogP contribution in [-0.2, 0) is 0 Å². The number of aromatic amines is 1. The van der Waals surface area contributed by atoms with Gasteiger partial charge in [0.2, 0.25) is 0 Å². The molecule has 1 heterocycles. The number of carbonyl (C=O) groups excluding carboxylic acids is 1. The van der Waals surface area contributed by atoms with E-state index in [1.807, 2.05) is 6.92 Å². The van der Waals surface area contributed by atoms with Crippen LogP contribution in [-0.4, -0.2) is 21.9 Å². The minimum atomic E-state index is -0.159. The van der Waals surface area contributed by atoms with E-state index in [0.717, 1.165) is 5.82 Å². The van der Waals surface area contributed by atoms with E-state index in [2.05, 4.69) is 21.9 Å². The quantitative estimate of drug-likeness (QED) is 0.681. The molecule has 0 radical (unpaired) electrons. The van der Waals surface area contributed by atoms with Gasteiger partial charge in [0.05, 0.1) is 6.20 Å². The summed E-state index contributed by atoms with van der Waals surface area (Å²) in [5.74, 6) is 0.574. The van der Waals surface area contributed by atoms with E-state index < -0.39 is 0 Å². The highest BCUT2D eigenvalue weighted by atomic mass is 16.1. The summed E-state index contributed by atoms with van der Waals surface area (Å²) in [6, 6.07) is -0.0314. The zero-order valence-corrected chi connectivity index (χ0v) is 7.79. The fraction of sp³-hybridized carbons (Fsp3) is 0.333. The molecule has 0 spiro atoms. The number of rotatable bonds is 3. The number of aromatic nitrogens is 2. The Labute approximate surface area is 77.1 Å². The second kappa shape index (κ2) is 3.89. The van der Waals surface area contributed by atoms with Crippen molar-refractivity contribution in [3.8, 4) is 0 Å². The predicted octanol–water partition coefficient (Wildman–Crippen LogP) is 1.02. The van der Waals surface area contributed by atoms with Crippen molar-refractivity contribution in [3.63, 3.8) is 0 Å². The van der Waals surface area contributed by atoms with Gasteiger partial charge in [0.15, 0.2) is 0 Å². The summed E-state index contributed by atoms with van der Waals surface area (Å²) in [7, 11) is 0. The predicted molar refractivity (Wildman–Crippen MR) is 50.4 cm³/mol. The second-order valence-corrected chi connectivity index (χ2v) is 2.88. The lowest BCUT2D eigenvalue weighted by Crippen LogP contribution is -2.31. The number of hydrogen-bond acceptors (Lipinski definition) is 2. The zero-order valence-electron chi connectivity index (χ0n) is 7.79. The fourth-order valence-corrected chi connectivity index (χ4v) is 0.880. The first-order chi connectivity index (χ1) is 6.13. The van der Waals surface area contributed by atoms with Crippen LogP contribution in [0.25, 0.3) is 0 Å². The third-order valence-electron chi connectivity index (χ3n) is 1.66. The van der Waals surface area contributed by atoms with Gasteiger partial charge in [-0.25, -0.2) is 4.98 Å². The fourth-order valence-electron chi connectivity index (χ4n) is 0.880. The molecule has 1 rings (SSSR count). The van der Waals surface area contributed by atoms with Crippen molar-refractivity contribution in [1.82, 2.24) is 15.3 Å². The molecule has 0 bridgehead atoms. The number of nitrogens with zero attached hydrogens (tertiary/aromatic N) is 1. The second-order valence-electron chi connectivity index (χ2n) is 2.88. The SMILES string of the molecule is C=CC(C)NC(=O)c1cnc(C)[nH]1. The molecule has 0 saturated carbocycles. The van der Waals surface area contributed by atoms with Gasteiger partial charge in [0, 0.05) is 6.04 Å². The van der Waals surface area contributed by atoms with Crippen molar-refractivity contribution in [2.24, 2.45) is 0 Å². The van der Waals surface area contributed by atoms with Gasteiger partial charge in [-0.2, -0.15) is 0 Å². The third kappa shape index (κ3) is 2.43. The maximum absolute atomic E-state index is 11.4. The van der Waals surface area contributed by atoms with Gasteiger partial charge in [-0.15, -0.1) is 6.58 Å². The number of nitrogens with one attached hydrogen (secondary N) is 2. The normalized spacial score (nSPS) is 12.2. The van der Waals surface area contributed by atoms with Crippen LogP contribution in [0.5, 0.6) is 0 Å². The van der Waals surface area contributed by atoms with Gasteiger partial charge >= 0.3 is 0 Å². The Morgan fingerprint density at radius 2 is 2.54 bits per heavy atom. The molecule has 1 unspecified atom stereocenters. The lowest BCUT2D eigenvalue weighted by atomic mass is 10.3. The standard InChI is InChI=1S/C9H13N3O/c1-4-6(2)11-9(13)8-5-10-7(3)12-8/h4-6H,1H2,2-3H3,(H,10,12)(H,11,13). The Morgan fingerprint density at radius 3 is 3.00 bits per heavy atom. The van der Waals surface area contributed by atoms with E-state index >= 15 is 0 Å². The number of carbonyl (C=O) groups is 1. The van der Waals surface area contributed by atoms with Crippen molar-refractivity contribution in [2.45, 2.75) is 19.9 Å². The number of H-pyrrole nitrogens is 1. The van der Waals surface area contributed by atoms with Crippen LogP contribution in [0.15, 0.2) is 18.9 Å². The number of aryl methyl sites for hydroxylation is 1. The van der Waals surface area contributed by atoms with Gasteiger partial charge in [-0.3, -0.25) is 4.79 Å². The van der Waals surface area contributed by atoms with Crippen LogP contribution in [0.3, 0.4) is 0 Å². The van der Waals surface area contributed by atoms with Crippen molar-refractivity contribution < 1.29 is 4.79 Å². The van der Waals surface area contributed by atoms with Crippen LogP contribution in [0.2, 0.25) is 0 Å². The summed E-state index contributed by atoms with van der Waals surface area (Å²) < 4.78 is 0. The summed E-state index contributed by atoms with van der Waals surface area (Å²) >= 11 is 0. The molecule has 0 saturated heterocycles. The molecule has 0 aliphatic carbocycles. The van der Waals surface area contributed by atoms with Crippen molar-refractivity contribution in [1.29, 1.82) is 0 Å². The zero-order chi connectivity index (χ0) is 9.84. The minimum absolute atomic E-state index is 0.0314. The number of amides is 1. The van der Waals surface area contributed by atoms with Gasteiger partial charge < -0.3 is 10.3 Å². The van der Waals surface area contributed by atoms with Crippen molar-refractivity contribution in [3.05, 3.63) is 30.4 Å². The first-order valence-electron chi connectivity index (χ1n) is 4.08. The molecule has 4 heteroatoms. The maximum atomic E-state index is 11.4. The highest BCUT2D eigenvalue weighted by Crippen LogP contribution is 1.96. The summed E-state index contributed by atoms with van der Waals surface area (Å²) in [4.78, 5) is 18.2. The molecular formula is C9H13N3O. The van der Waals surface area contributed by atoms with Crippen LogP contribution in [0.4, 0.5) is 0 Å². The van der Waals surface area contributed by atoms with Crippen LogP contribution >= 0.6 is 0 Å². The van der Waals surface area contributed by atoms with E-state index in [1.54, 1.807) is 13.0 Å². The van der Waals surface area contributed by atoms with Crippen LogP contribution in [0.1, 0.15) is 23.2 Å². The minimum Gasteiger partial charge on any atom is -0.345 e. The molecule has 0 aliphatic heterocycles. The molecule has 0 fully saturated rings. The summed E-state index contributed by atoms with van der Waals surface area (Å²) in [6.07, 6.45) is 3.18. The molecule has 1 aromatic rings. The number of hydrogen-bond donors (Lipinski definition) is 2. The monoisotopic (exact) mass is 179 g/mol. The third-order valence-corrected chi connectivity index (χ3v) is 1.66. The molecule has 4 nitrogen and oxygen atoms in total. The summed E-state index contributed by atoms with van der Waals surface area (Å²) in [5.41, 5.74) is 0.478. The lowest BCUT2D eigenvalue weighted by molar-refractivity contribution is 0.0942. The van der Waals surface area contributed by atoms with E-state index in [9.17, 15) is 4.79 Å². The Kier molecular flexibility index (Phi) is 2.84. The van der Waals surface area contributed by atoms with Crippen LogP contribution < -0.4 is 5.32 Å². The molecule has 2 N–H and O–H groups in total. The molecule has 1 aromatic heterocycles. The molecule has 0 aromatic carbocycles. The summed E-state index contributed by atoms with van der Waals surface area (Å²) in [6.45, 7) is 7.23. The first-order valence-corrected chi connectivity index (χ1v) is 4.08. The Hall–Kier alpha value is -1.58. The smallest absolute Gasteiger partial charge is 0.269 e. The Bertz CT molecular complexity index is 316. The van der Waals surface area contributed by atoms with E-state index in [0.29, 0.717) is 5.69 Å². The Morgan fingerprint density at radius 1 is 1.85 bits per heavy atom. The molecule has 70 valence electrons. The molecule has 1 amide bonds. The van der Waals surface area contributed by atoms with Crippen molar-refractivity contribution >= 4 is 5.91 Å². The highest BCUT2D eigenvalue weighted by Gasteiger charge is 2.08. The average Bonchev–Trinajstić information content (AvgIpc) is 2.51. The molecule has 1 atom stereocenters. The first kappa shape index (κ1) is 9.51. The maximum Gasteiger partial charge on any atom is 0.269 e. The van der Waals surface area contributed by atoms with Gasteiger partial charge in [-0.05, 0) is 13.8 Å². The lowest BCUT2D eigenvalue weighted by Gasteiger charge is -2.06. The topological polar surface area (TPSA) is 57.8 Å². The van der Waals surface area contributed by atoms with Gasteiger partial charge in [0.1, 0.15) is 11.5 Å². The largest absolute Gasteiger partial charge is 0.345 e. The number of imidazole rings is 1. The van der Waals surface area contributed by atoms with Gasteiger partial charge in [-0.1, -0.05) is 6.08 Å². The Balaban J connectivity index is 2.63. The molecule has 0 aliphatic rings. The van der Waals surface area contributed by atoms with E-state index in [1.165, 1.54) is 6.20 Å². The summed E-state index contributed by atoms with van der Waals surface area (Å²) in [5, 5.41) is 2.73. The van der Waals surface area contributed by atoms with Gasteiger partial charge in [0.25, 0.3) is 5.91 Å². The molecule has 13 heavy (non-hydrogen) atoms. The molecular weight excluding hydrogens is 166 g/mol. The van der Waals surface area contributed by atoms with Crippen LogP contribution in [0, 0.1) is 6.92 Å². The highest BCUT2D eigenvalue weighted by molar-refractivity contribution is 5.92. The average molecular weight is 179 g/mol. The van der Waals surface area contributed by atoms with E-state index in [4.69, 9.17) is 0 Å².